The molecule has 1 aromatic carbocycles. The van der Waals surface area contributed by atoms with E-state index in [9.17, 15) is 4.39 Å². The summed E-state index contributed by atoms with van der Waals surface area (Å²) in [6, 6.07) is 3.26. The van der Waals surface area contributed by atoms with Crippen LogP contribution in [0.2, 0.25) is 0 Å². The third kappa shape index (κ3) is 3.76. The molecule has 0 spiro atoms. The van der Waals surface area contributed by atoms with Gasteiger partial charge in [-0.1, -0.05) is 0 Å². The highest BCUT2D eigenvalue weighted by Crippen LogP contribution is 2.37. The Morgan fingerprint density at radius 1 is 1.22 bits per heavy atom. The van der Waals surface area contributed by atoms with Crippen molar-refractivity contribution in [2.75, 3.05) is 26.3 Å². The number of ether oxygens (including phenoxy) is 2. The van der Waals surface area contributed by atoms with Crippen LogP contribution in [0.25, 0.3) is 0 Å². The van der Waals surface area contributed by atoms with Gasteiger partial charge in [0, 0.05) is 30.4 Å². The molecule has 4 rings (SSSR count). The molecule has 2 atom stereocenters. The summed E-state index contributed by atoms with van der Waals surface area (Å²) in [7, 11) is 0. The van der Waals surface area contributed by atoms with Crippen LogP contribution in [0.15, 0.2) is 18.3 Å². The third-order valence-corrected chi connectivity index (χ3v) is 5.63. The van der Waals surface area contributed by atoms with Gasteiger partial charge >= 0.3 is 0 Å². The van der Waals surface area contributed by atoms with E-state index in [-0.39, 0.29) is 11.9 Å². The van der Waals surface area contributed by atoms with Gasteiger partial charge in [-0.2, -0.15) is 0 Å². The molecule has 144 valence electrons. The van der Waals surface area contributed by atoms with Gasteiger partial charge in [0.15, 0.2) is 11.5 Å². The number of rotatable bonds is 4. The van der Waals surface area contributed by atoms with Gasteiger partial charge in [-0.05, 0) is 52.1 Å². The first kappa shape index (κ1) is 18.2. The molecule has 0 amide bonds. The van der Waals surface area contributed by atoms with Crippen LogP contribution < -0.4 is 9.47 Å². The number of benzene rings is 1. The lowest BCUT2D eigenvalue weighted by molar-refractivity contribution is 0.169. The van der Waals surface area contributed by atoms with E-state index in [4.69, 9.17) is 9.47 Å². The fourth-order valence-corrected chi connectivity index (χ4v) is 4.07. The van der Waals surface area contributed by atoms with Crippen molar-refractivity contribution in [3.63, 3.8) is 0 Å². The monoisotopic (exact) mass is 371 g/mol. The number of fused-ring (bicyclic) bond motifs is 1. The zero-order valence-corrected chi connectivity index (χ0v) is 16.2. The Labute approximate surface area is 159 Å². The molecule has 6 heteroatoms. The maximum absolute atomic E-state index is 14.6. The fourth-order valence-electron chi connectivity index (χ4n) is 4.07. The van der Waals surface area contributed by atoms with Gasteiger partial charge in [0.1, 0.15) is 19.0 Å². The molecule has 2 aromatic rings. The van der Waals surface area contributed by atoms with E-state index in [0.717, 1.165) is 43.0 Å². The minimum Gasteiger partial charge on any atom is -0.486 e. The maximum atomic E-state index is 14.6. The van der Waals surface area contributed by atoms with E-state index < -0.39 is 0 Å². The summed E-state index contributed by atoms with van der Waals surface area (Å²) in [5, 5.41) is 0. The first-order chi connectivity index (χ1) is 13.0. The van der Waals surface area contributed by atoms with Crippen LogP contribution in [0.3, 0.4) is 0 Å². The molecule has 2 aliphatic heterocycles. The van der Waals surface area contributed by atoms with Crippen molar-refractivity contribution in [2.24, 2.45) is 5.92 Å². The van der Waals surface area contributed by atoms with Gasteiger partial charge in [0.2, 0.25) is 0 Å². The summed E-state index contributed by atoms with van der Waals surface area (Å²) in [4.78, 5) is 11.4. The highest BCUT2D eigenvalue weighted by Gasteiger charge is 2.30. The minimum absolute atomic E-state index is 0.00368. The van der Waals surface area contributed by atoms with Crippen molar-refractivity contribution >= 4 is 0 Å². The Kier molecular flexibility index (Phi) is 5.00. The number of aryl methyl sites for hydroxylation is 2. The first-order valence-corrected chi connectivity index (χ1v) is 9.63. The zero-order valence-electron chi connectivity index (χ0n) is 16.2. The topological polar surface area (TPSA) is 47.5 Å². The van der Waals surface area contributed by atoms with E-state index in [2.05, 4.69) is 21.8 Å². The van der Waals surface area contributed by atoms with Crippen LogP contribution in [-0.2, 0) is 6.42 Å². The molecule has 0 radical (unpaired) electrons. The van der Waals surface area contributed by atoms with Crippen molar-refractivity contribution in [3.8, 4) is 11.5 Å². The molecule has 27 heavy (non-hydrogen) atoms. The fraction of sp³-hybridized carbons (Fsp3) is 0.524. The number of halogens is 1. The molecule has 0 N–H and O–H groups in total. The normalized spacial score (nSPS) is 20.7. The highest BCUT2D eigenvalue weighted by molar-refractivity contribution is 5.45. The van der Waals surface area contributed by atoms with Crippen molar-refractivity contribution in [3.05, 3.63) is 46.8 Å². The zero-order chi connectivity index (χ0) is 19.0. The van der Waals surface area contributed by atoms with Gasteiger partial charge in [0.05, 0.1) is 17.1 Å². The van der Waals surface area contributed by atoms with Crippen LogP contribution in [0.1, 0.15) is 42.0 Å². The Balaban J connectivity index is 1.45. The number of nitrogens with zero attached hydrogens (tertiary/aromatic N) is 3. The molecule has 0 bridgehead atoms. The SMILES string of the molecule is Cc1cnc(CC2CCN([C@@H](C)c3cc4c(cc3F)OCCO4)C2)c(C)n1. The Bertz CT molecular complexity index is 842. The molecule has 0 aliphatic carbocycles. The van der Waals surface area contributed by atoms with Gasteiger partial charge < -0.3 is 9.47 Å². The lowest BCUT2D eigenvalue weighted by Gasteiger charge is -2.27. The van der Waals surface area contributed by atoms with Crippen molar-refractivity contribution in [2.45, 2.75) is 39.7 Å². The Hall–Kier alpha value is -2.21. The van der Waals surface area contributed by atoms with E-state index in [0.29, 0.717) is 36.2 Å². The molecule has 1 aromatic heterocycles. The number of hydrogen-bond acceptors (Lipinski definition) is 5. The van der Waals surface area contributed by atoms with Gasteiger partial charge in [-0.3, -0.25) is 14.9 Å². The van der Waals surface area contributed by atoms with Gasteiger partial charge in [0.25, 0.3) is 0 Å². The minimum atomic E-state index is -0.226. The smallest absolute Gasteiger partial charge is 0.164 e. The second-order valence-electron chi connectivity index (χ2n) is 7.59. The summed E-state index contributed by atoms with van der Waals surface area (Å²) in [5.74, 6) is 1.44. The summed E-state index contributed by atoms with van der Waals surface area (Å²) in [6.07, 6.45) is 3.85. The lowest BCUT2D eigenvalue weighted by atomic mass is 10.0. The summed E-state index contributed by atoms with van der Waals surface area (Å²) >= 11 is 0. The Morgan fingerprint density at radius 2 is 1.96 bits per heavy atom. The molecule has 1 fully saturated rings. The van der Waals surface area contributed by atoms with Crippen molar-refractivity contribution < 1.29 is 13.9 Å². The van der Waals surface area contributed by atoms with Crippen molar-refractivity contribution in [1.29, 1.82) is 0 Å². The first-order valence-electron chi connectivity index (χ1n) is 9.63. The third-order valence-electron chi connectivity index (χ3n) is 5.63. The van der Waals surface area contributed by atoms with E-state index in [1.54, 1.807) is 6.07 Å². The number of hydrogen-bond donors (Lipinski definition) is 0. The average molecular weight is 371 g/mol. The predicted octanol–water partition coefficient (Wildman–Crippen LogP) is 3.63. The second kappa shape index (κ2) is 7.43. The van der Waals surface area contributed by atoms with E-state index in [1.165, 1.54) is 6.07 Å². The van der Waals surface area contributed by atoms with Gasteiger partial charge in [-0.25, -0.2) is 4.39 Å². The van der Waals surface area contributed by atoms with Crippen LogP contribution >= 0.6 is 0 Å². The van der Waals surface area contributed by atoms with Crippen LogP contribution in [0, 0.1) is 25.6 Å². The molecule has 3 heterocycles. The standard InChI is InChI=1S/C21H26FN3O2/c1-13-11-23-19(14(2)24-13)8-16-4-5-25(12-16)15(3)17-9-20-21(10-18(17)22)27-7-6-26-20/h9-11,15-16H,4-8,12H2,1-3H3/t15-,16?/m0/s1. The number of aromatic nitrogens is 2. The number of likely N-dealkylation sites (tertiary alicyclic amines) is 1. The molecule has 5 nitrogen and oxygen atoms in total. The Morgan fingerprint density at radius 3 is 2.70 bits per heavy atom. The van der Waals surface area contributed by atoms with Crippen LogP contribution in [-0.4, -0.2) is 41.2 Å². The maximum Gasteiger partial charge on any atom is 0.164 e. The van der Waals surface area contributed by atoms with E-state index in [1.807, 2.05) is 20.0 Å². The van der Waals surface area contributed by atoms with E-state index >= 15 is 0 Å². The molecule has 1 unspecified atom stereocenters. The highest BCUT2D eigenvalue weighted by atomic mass is 19.1. The largest absolute Gasteiger partial charge is 0.486 e. The summed E-state index contributed by atoms with van der Waals surface area (Å²) in [5.41, 5.74) is 3.71. The van der Waals surface area contributed by atoms with Crippen LogP contribution in [0.5, 0.6) is 11.5 Å². The van der Waals surface area contributed by atoms with Gasteiger partial charge in [-0.15, -0.1) is 0 Å². The summed E-state index contributed by atoms with van der Waals surface area (Å²) < 4.78 is 25.7. The molecule has 2 aliphatic rings. The second-order valence-corrected chi connectivity index (χ2v) is 7.59. The quantitative estimate of drug-likeness (QED) is 0.821. The molecule has 0 saturated carbocycles. The average Bonchev–Trinajstić information content (AvgIpc) is 3.11. The molecular weight excluding hydrogens is 345 g/mol. The molecule has 1 saturated heterocycles. The molecular formula is C21H26FN3O2. The lowest BCUT2D eigenvalue weighted by Crippen LogP contribution is -2.26. The predicted molar refractivity (Wildman–Crippen MR) is 101 cm³/mol. The van der Waals surface area contributed by atoms with Crippen LogP contribution in [0.4, 0.5) is 4.39 Å². The summed E-state index contributed by atoms with van der Waals surface area (Å²) in [6.45, 7) is 8.92. The van der Waals surface area contributed by atoms with Crippen molar-refractivity contribution in [1.82, 2.24) is 14.9 Å².